The Balaban J connectivity index is 2.60. The third-order valence-electron chi connectivity index (χ3n) is 2.66. The fraction of sp³-hybridized carbons (Fsp3) is 0.167. The van der Waals surface area contributed by atoms with Crippen LogP contribution in [0.1, 0.15) is 16.1 Å². The number of nitrogen functional groups attached to an aromatic ring is 1. The van der Waals surface area contributed by atoms with Gasteiger partial charge in [0.2, 0.25) is 0 Å². The molecule has 0 spiro atoms. The summed E-state index contributed by atoms with van der Waals surface area (Å²) in [5.41, 5.74) is 6.94. The van der Waals surface area contributed by atoms with Crippen LogP contribution in [0.2, 0.25) is 0 Å². The average Bonchev–Trinajstić information content (AvgIpc) is 2.67. The van der Waals surface area contributed by atoms with Crippen molar-refractivity contribution >= 4 is 11.8 Å². The van der Waals surface area contributed by atoms with E-state index in [0.29, 0.717) is 11.3 Å². The quantitative estimate of drug-likeness (QED) is 0.779. The molecule has 0 saturated heterocycles. The second-order valence-electron chi connectivity index (χ2n) is 3.75. The van der Waals surface area contributed by atoms with E-state index < -0.39 is 5.97 Å². The molecule has 0 aliphatic heterocycles. The number of carbonyl (C=O) groups is 1. The molecule has 3 N–H and O–H groups in total. The highest BCUT2D eigenvalue weighted by Crippen LogP contribution is 2.26. The van der Waals surface area contributed by atoms with Gasteiger partial charge in [0.05, 0.1) is 7.11 Å². The normalized spacial score (nSPS) is 10.3. The number of ether oxygens (including phenoxy) is 1. The molecule has 2 rings (SSSR count). The van der Waals surface area contributed by atoms with Crippen LogP contribution in [0.5, 0.6) is 5.75 Å². The predicted octanol–water partition coefficient (Wildman–Crippen LogP) is 1.26. The van der Waals surface area contributed by atoms with Crippen molar-refractivity contribution in [2.45, 2.75) is 6.92 Å². The van der Waals surface area contributed by atoms with E-state index >= 15 is 0 Å². The molecule has 2 aromatic rings. The lowest BCUT2D eigenvalue weighted by molar-refractivity contribution is 0.0592. The molecule has 0 unspecified atom stereocenters. The number of nitrogens with zero attached hydrogens (tertiary/aromatic N) is 2. The van der Waals surface area contributed by atoms with E-state index in [-0.39, 0.29) is 17.3 Å². The minimum atomic E-state index is -0.562. The van der Waals surface area contributed by atoms with Gasteiger partial charge in [-0.25, -0.2) is 9.48 Å². The van der Waals surface area contributed by atoms with Gasteiger partial charge in [0, 0.05) is 5.56 Å². The largest absolute Gasteiger partial charge is 0.506 e. The first kappa shape index (κ1) is 12.0. The molecule has 6 heteroatoms. The summed E-state index contributed by atoms with van der Waals surface area (Å²) in [7, 11) is 1.27. The van der Waals surface area contributed by atoms with Gasteiger partial charge < -0.3 is 15.6 Å². The van der Waals surface area contributed by atoms with Crippen LogP contribution in [0.3, 0.4) is 0 Å². The number of methoxy groups -OCH3 is 1. The summed E-state index contributed by atoms with van der Waals surface area (Å²) in [6, 6.07) is 6.60. The molecular formula is C12H13N3O3. The Morgan fingerprint density at radius 1 is 1.44 bits per heavy atom. The van der Waals surface area contributed by atoms with Gasteiger partial charge in [-0.3, -0.25) is 0 Å². The highest BCUT2D eigenvalue weighted by atomic mass is 16.5. The minimum Gasteiger partial charge on any atom is -0.506 e. The van der Waals surface area contributed by atoms with Gasteiger partial charge in [-0.2, -0.15) is 5.10 Å². The Hall–Kier alpha value is -2.50. The van der Waals surface area contributed by atoms with Gasteiger partial charge in [-0.1, -0.05) is 12.1 Å². The molecule has 0 bridgehead atoms. The molecule has 0 amide bonds. The lowest BCUT2D eigenvalue weighted by atomic mass is 10.2. The lowest BCUT2D eigenvalue weighted by Crippen LogP contribution is -2.05. The van der Waals surface area contributed by atoms with Crippen LogP contribution < -0.4 is 5.73 Å². The molecule has 94 valence electrons. The van der Waals surface area contributed by atoms with Crippen molar-refractivity contribution in [3.05, 3.63) is 35.5 Å². The molecule has 1 heterocycles. The molecule has 6 nitrogen and oxygen atoms in total. The number of aromatic nitrogens is 2. The third kappa shape index (κ3) is 1.77. The first-order chi connectivity index (χ1) is 8.56. The van der Waals surface area contributed by atoms with Crippen molar-refractivity contribution in [1.82, 2.24) is 9.78 Å². The van der Waals surface area contributed by atoms with Gasteiger partial charge in [0.1, 0.15) is 17.3 Å². The Morgan fingerprint density at radius 2 is 2.11 bits per heavy atom. The number of phenolic OH excluding ortho intramolecular Hbond substituents is 1. The molecule has 0 fully saturated rings. The van der Waals surface area contributed by atoms with E-state index in [1.807, 2.05) is 0 Å². The van der Waals surface area contributed by atoms with Crippen molar-refractivity contribution < 1.29 is 14.6 Å². The van der Waals surface area contributed by atoms with Gasteiger partial charge in [0.25, 0.3) is 0 Å². The van der Waals surface area contributed by atoms with E-state index in [4.69, 9.17) is 5.73 Å². The van der Waals surface area contributed by atoms with Crippen LogP contribution in [0.15, 0.2) is 24.3 Å². The van der Waals surface area contributed by atoms with Crippen LogP contribution in [0, 0.1) is 6.92 Å². The van der Waals surface area contributed by atoms with Gasteiger partial charge in [-0.15, -0.1) is 0 Å². The zero-order valence-corrected chi connectivity index (χ0v) is 10.0. The number of para-hydroxylation sites is 2. The van der Waals surface area contributed by atoms with Crippen LogP contribution in [-0.4, -0.2) is 28.0 Å². The molecular weight excluding hydrogens is 234 g/mol. The van der Waals surface area contributed by atoms with Crippen molar-refractivity contribution in [3.8, 4) is 11.4 Å². The first-order valence-electron chi connectivity index (χ1n) is 5.28. The Labute approximate surface area is 104 Å². The van der Waals surface area contributed by atoms with E-state index in [2.05, 4.69) is 9.84 Å². The molecule has 18 heavy (non-hydrogen) atoms. The number of carbonyl (C=O) groups excluding carboxylic acids is 1. The molecule has 0 atom stereocenters. The zero-order valence-electron chi connectivity index (χ0n) is 10.0. The highest BCUT2D eigenvalue weighted by Gasteiger charge is 2.20. The maximum atomic E-state index is 11.5. The number of esters is 1. The number of rotatable bonds is 2. The monoisotopic (exact) mass is 247 g/mol. The number of phenols is 1. The maximum Gasteiger partial charge on any atom is 0.358 e. The molecule has 0 saturated carbocycles. The summed E-state index contributed by atoms with van der Waals surface area (Å²) in [5, 5.41) is 13.8. The SMILES string of the molecule is COC(=O)c1nn(-c2ccccc2O)c(N)c1C. The number of anilines is 1. The Morgan fingerprint density at radius 3 is 2.72 bits per heavy atom. The smallest absolute Gasteiger partial charge is 0.358 e. The summed E-state index contributed by atoms with van der Waals surface area (Å²) < 4.78 is 5.94. The van der Waals surface area contributed by atoms with E-state index in [1.54, 1.807) is 25.1 Å². The van der Waals surface area contributed by atoms with Crippen molar-refractivity contribution in [2.24, 2.45) is 0 Å². The Bertz CT molecular complexity index is 605. The first-order valence-corrected chi connectivity index (χ1v) is 5.28. The second kappa shape index (κ2) is 4.40. The van der Waals surface area contributed by atoms with Crippen LogP contribution in [-0.2, 0) is 4.74 Å². The predicted molar refractivity (Wildman–Crippen MR) is 65.7 cm³/mol. The average molecular weight is 247 g/mol. The Kier molecular flexibility index (Phi) is 2.93. The number of aromatic hydroxyl groups is 1. The maximum absolute atomic E-state index is 11.5. The number of hydrogen-bond donors (Lipinski definition) is 2. The molecule has 1 aromatic heterocycles. The van der Waals surface area contributed by atoms with E-state index in [1.165, 1.54) is 17.9 Å². The van der Waals surface area contributed by atoms with Crippen LogP contribution >= 0.6 is 0 Å². The fourth-order valence-corrected chi connectivity index (χ4v) is 1.63. The zero-order chi connectivity index (χ0) is 13.3. The van der Waals surface area contributed by atoms with Gasteiger partial charge in [0.15, 0.2) is 5.69 Å². The highest BCUT2D eigenvalue weighted by molar-refractivity contribution is 5.90. The minimum absolute atomic E-state index is 0.0307. The summed E-state index contributed by atoms with van der Waals surface area (Å²) in [6.45, 7) is 1.67. The third-order valence-corrected chi connectivity index (χ3v) is 2.66. The standard InChI is InChI=1S/C12H13N3O3/c1-7-10(12(17)18-2)14-15(11(7)13)8-5-3-4-6-9(8)16/h3-6,16H,13H2,1-2H3. The van der Waals surface area contributed by atoms with Gasteiger partial charge >= 0.3 is 5.97 Å². The summed E-state index contributed by atoms with van der Waals surface area (Å²) in [6.07, 6.45) is 0. The van der Waals surface area contributed by atoms with Crippen molar-refractivity contribution in [1.29, 1.82) is 0 Å². The molecule has 0 radical (unpaired) electrons. The van der Waals surface area contributed by atoms with Gasteiger partial charge in [-0.05, 0) is 19.1 Å². The molecule has 0 aliphatic rings. The second-order valence-corrected chi connectivity index (χ2v) is 3.75. The lowest BCUT2D eigenvalue weighted by Gasteiger charge is -2.05. The number of hydrogen-bond acceptors (Lipinski definition) is 5. The number of benzene rings is 1. The van der Waals surface area contributed by atoms with E-state index in [9.17, 15) is 9.90 Å². The van der Waals surface area contributed by atoms with Crippen LogP contribution in [0.4, 0.5) is 5.82 Å². The van der Waals surface area contributed by atoms with E-state index in [0.717, 1.165) is 0 Å². The summed E-state index contributed by atoms with van der Waals surface area (Å²) in [4.78, 5) is 11.5. The topological polar surface area (TPSA) is 90.4 Å². The molecule has 0 aliphatic carbocycles. The van der Waals surface area contributed by atoms with Crippen molar-refractivity contribution in [3.63, 3.8) is 0 Å². The number of nitrogens with two attached hydrogens (primary N) is 1. The van der Waals surface area contributed by atoms with Crippen LogP contribution in [0.25, 0.3) is 5.69 Å². The van der Waals surface area contributed by atoms with Crippen molar-refractivity contribution in [2.75, 3.05) is 12.8 Å². The summed E-state index contributed by atoms with van der Waals surface area (Å²) >= 11 is 0. The summed E-state index contributed by atoms with van der Waals surface area (Å²) in [5.74, 6) is -0.242. The fourth-order valence-electron chi connectivity index (χ4n) is 1.63. The molecule has 1 aromatic carbocycles.